The van der Waals surface area contributed by atoms with Gasteiger partial charge in [-0.2, -0.15) is 5.10 Å². The molecule has 1 aromatic carbocycles. The van der Waals surface area contributed by atoms with Crippen molar-refractivity contribution in [3.8, 4) is 0 Å². The quantitative estimate of drug-likeness (QED) is 0.766. The van der Waals surface area contributed by atoms with Crippen molar-refractivity contribution in [1.29, 1.82) is 0 Å². The molecule has 2 aliphatic heterocycles. The largest absolute Gasteiger partial charge is 0.353 e. The first kappa shape index (κ1) is 21.6. The van der Waals surface area contributed by atoms with Crippen LogP contribution in [-0.4, -0.2) is 63.0 Å². The Morgan fingerprint density at radius 1 is 1.03 bits per heavy atom. The Hall–Kier alpha value is -3.23. The Balaban J connectivity index is 1.33. The third-order valence-corrected chi connectivity index (χ3v) is 6.83. The van der Waals surface area contributed by atoms with E-state index in [-0.39, 0.29) is 30.2 Å². The lowest BCUT2D eigenvalue weighted by Gasteiger charge is -2.32. The van der Waals surface area contributed by atoms with Gasteiger partial charge in [-0.05, 0) is 49.9 Å². The standard InChI is InChI=1S/C24H28FN5O3/c1-28-20-10-12-30(23(32)15-4-6-17(25)7-5-15)14-19(20)21(27-28)24(33)29-11-2-3-16(13-29)22(31)26-18-8-9-18/h4-7,16,18H,2-3,8-14H2,1H3,(H,26,31)/t16-/m0/s1. The van der Waals surface area contributed by atoms with Crippen molar-refractivity contribution in [3.05, 3.63) is 52.6 Å². The van der Waals surface area contributed by atoms with Gasteiger partial charge in [-0.3, -0.25) is 19.1 Å². The molecule has 0 radical (unpaired) electrons. The lowest BCUT2D eigenvalue weighted by Crippen LogP contribution is -2.46. The van der Waals surface area contributed by atoms with E-state index in [1.54, 1.807) is 14.5 Å². The Kier molecular flexibility index (Phi) is 5.64. The second-order valence-electron chi connectivity index (χ2n) is 9.25. The fraction of sp³-hybridized carbons (Fsp3) is 0.500. The summed E-state index contributed by atoms with van der Waals surface area (Å²) in [5, 5.41) is 7.56. The fourth-order valence-corrected chi connectivity index (χ4v) is 4.78. The molecule has 9 heteroatoms. The summed E-state index contributed by atoms with van der Waals surface area (Å²) in [6.45, 7) is 1.76. The molecular formula is C24H28FN5O3. The summed E-state index contributed by atoms with van der Waals surface area (Å²) in [6.07, 6.45) is 4.22. The third kappa shape index (κ3) is 4.36. The zero-order valence-electron chi connectivity index (χ0n) is 18.7. The summed E-state index contributed by atoms with van der Waals surface area (Å²) in [7, 11) is 1.81. The summed E-state index contributed by atoms with van der Waals surface area (Å²) >= 11 is 0. The van der Waals surface area contributed by atoms with Crippen LogP contribution < -0.4 is 5.32 Å². The zero-order valence-corrected chi connectivity index (χ0v) is 18.7. The van der Waals surface area contributed by atoms with Crippen molar-refractivity contribution in [3.63, 3.8) is 0 Å². The molecule has 2 aromatic rings. The van der Waals surface area contributed by atoms with Crippen LogP contribution in [0.4, 0.5) is 4.39 Å². The molecule has 174 valence electrons. The summed E-state index contributed by atoms with van der Waals surface area (Å²) in [5.41, 5.74) is 2.47. The van der Waals surface area contributed by atoms with Crippen LogP contribution in [0.1, 0.15) is 57.8 Å². The van der Waals surface area contributed by atoms with E-state index in [0.29, 0.717) is 43.4 Å². The van der Waals surface area contributed by atoms with E-state index in [9.17, 15) is 18.8 Å². The molecule has 1 N–H and O–H groups in total. The number of nitrogens with zero attached hydrogens (tertiary/aromatic N) is 4. The number of aryl methyl sites for hydroxylation is 1. The Bertz CT molecular complexity index is 1090. The van der Waals surface area contributed by atoms with Crippen LogP contribution in [-0.2, 0) is 24.8 Å². The molecule has 33 heavy (non-hydrogen) atoms. The number of aromatic nitrogens is 2. The van der Waals surface area contributed by atoms with Crippen molar-refractivity contribution in [2.75, 3.05) is 19.6 Å². The summed E-state index contributed by atoms with van der Waals surface area (Å²) in [6, 6.07) is 5.80. The van der Waals surface area contributed by atoms with Crippen LogP contribution in [0.2, 0.25) is 0 Å². The average Bonchev–Trinajstić information content (AvgIpc) is 3.59. The van der Waals surface area contributed by atoms with Crippen molar-refractivity contribution in [2.45, 2.75) is 44.7 Å². The molecule has 3 amide bonds. The second-order valence-corrected chi connectivity index (χ2v) is 9.25. The third-order valence-electron chi connectivity index (χ3n) is 6.83. The molecular weight excluding hydrogens is 425 g/mol. The lowest BCUT2D eigenvalue weighted by atomic mass is 9.96. The first-order valence-electron chi connectivity index (χ1n) is 11.6. The number of likely N-dealkylation sites (tertiary alicyclic amines) is 1. The minimum absolute atomic E-state index is 0.0362. The molecule has 0 unspecified atom stereocenters. The normalized spacial score (nSPS) is 20.4. The molecule has 0 bridgehead atoms. The highest BCUT2D eigenvalue weighted by molar-refractivity contribution is 5.96. The maximum absolute atomic E-state index is 13.4. The van der Waals surface area contributed by atoms with E-state index >= 15 is 0 Å². The summed E-state index contributed by atoms with van der Waals surface area (Å²) < 4.78 is 15.0. The molecule has 5 rings (SSSR count). The van der Waals surface area contributed by atoms with Crippen LogP contribution in [0, 0.1) is 11.7 Å². The molecule has 1 saturated heterocycles. The van der Waals surface area contributed by atoms with Gasteiger partial charge >= 0.3 is 0 Å². The Labute approximate surface area is 191 Å². The number of hydrogen-bond donors (Lipinski definition) is 1. The maximum atomic E-state index is 13.4. The topological polar surface area (TPSA) is 87.5 Å². The van der Waals surface area contributed by atoms with E-state index in [1.165, 1.54) is 24.3 Å². The van der Waals surface area contributed by atoms with Crippen molar-refractivity contribution in [1.82, 2.24) is 24.9 Å². The second kappa shape index (κ2) is 8.61. The Morgan fingerprint density at radius 2 is 1.79 bits per heavy atom. The fourth-order valence-electron chi connectivity index (χ4n) is 4.78. The van der Waals surface area contributed by atoms with E-state index in [4.69, 9.17) is 0 Å². The Morgan fingerprint density at radius 3 is 2.52 bits per heavy atom. The van der Waals surface area contributed by atoms with Gasteiger partial charge in [-0.15, -0.1) is 0 Å². The number of piperidine rings is 1. The lowest BCUT2D eigenvalue weighted by molar-refractivity contribution is -0.126. The number of halogens is 1. The number of nitrogens with one attached hydrogen (secondary N) is 1. The number of rotatable bonds is 4. The van der Waals surface area contributed by atoms with Gasteiger partial charge < -0.3 is 15.1 Å². The van der Waals surface area contributed by atoms with Crippen LogP contribution in [0.15, 0.2) is 24.3 Å². The molecule has 1 aliphatic carbocycles. The number of carbonyl (C=O) groups is 3. The van der Waals surface area contributed by atoms with Crippen molar-refractivity contribution >= 4 is 17.7 Å². The molecule has 3 heterocycles. The van der Waals surface area contributed by atoms with E-state index in [1.807, 2.05) is 7.05 Å². The number of carbonyl (C=O) groups excluding carboxylic acids is 3. The number of benzene rings is 1. The first-order chi connectivity index (χ1) is 15.9. The van der Waals surface area contributed by atoms with E-state index in [2.05, 4.69) is 10.4 Å². The predicted octanol–water partition coefficient (Wildman–Crippen LogP) is 1.89. The van der Waals surface area contributed by atoms with Gasteiger partial charge in [-0.1, -0.05) is 0 Å². The molecule has 1 atom stereocenters. The minimum Gasteiger partial charge on any atom is -0.353 e. The van der Waals surface area contributed by atoms with E-state index in [0.717, 1.165) is 36.9 Å². The molecule has 3 aliphatic rings. The highest BCUT2D eigenvalue weighted by Gasteiger charge is 2.35. The number of hydrogen-bond acceptors (Lipinski definition) is 4. The zero-order chi connectivity index (χ0) is 23.1. The number of amides is 3. The van der Waals surface area contributed by atoms with E-state index < -0.39 is 5.82 Å². The molecule has 0 spiro atoms. The number of fused-ring (bicyclic) bond motifs is 1. The predicted molar refractivity (Wildman–Crippen MR) is 118 cm³/mol. The van der Waals surface area contributed by atoms with Crippen LogP contribution in [0.5, 0.6) is 0 Å². The SMILES string of the molecule is Cn1nc(C(=O)N2CCC[C@H](C(=O)NC3CC3)C2)c2c1CCN(C(=O)c1ccc(F)cc1)C2. The van der Waals surface area contributed by atoms with Gasteiger partial charge in [0.25, 0.3) is 11.8 Å². The van der Waals surface area contributed by atoms with Gasteiger partial charge in [0.1, 0.15) is 5.82 Å². The highest BCUT2D eigenvalue weighted by atomic mass is 19.1. The van der Waals surface area contributed by atoms with Crippen LogP contribution in [0.25, 0.3) is 0 Å². The molecule has 2 fully saturated rings. The minimum atomic E-state index is -0.390. The van der Waals surface area contributed by atoms with Gasteiger partial charge in [0.2, 0.25) is 5.91 Å². The molecule has 1 saturated carbocycles. The van der Waals surface area contributed by atoms with Gasteiger partial charge in [-0.25, -0.2) is 4.39 Å². The van der Waals surface area contributed by atoms with Gasteiger partial charge in [0.05, 0.1) is 12.5 Å². The van der Waals surface area contributed by atoms with Crippen molar-refractivity contribution < 1.29 is 18.8 Å². The van der Waals surface area contributed by atoms with Gasteiger partial charge in [0.15, 0.2) is 5.69 Å². The summed E-state index contributed by atoms with van der Waals surface area (Å²) in [5.74, 6) is -0.934. The summed E-state index contributed by atoms with van der Waals surface area (Å²) in [4.78, 5) is 42.3. The highest BCUT2D eigenvalue weighted by Crippen LogP contribution is 2.27. The van der Waals surface area contributed by atoms with Gasteiger partial charge in [0, 0.05) is 56.0 Å². The van der Waals surface area contributed by atoms with Crippen molar-refractivity contribution in [2.24, 2.45) is 13.0 Å². The first-order valence-corrected chi connectivity index (χ1v) is 11.6. The maximum Gasteiger partial charge on any atom is 0.274 e. The smallest absolute Gasteiger partial charge is 0.274 e. The molecule has 8 nitrogen and oxygen atoms in total. The average molecular weight is 454 g/mol. The molecule has 1 aromatic heterocycles. The van der Waals surface area contributed by atoms with Crippen LogP contribution in [0.3, 0.4) is 0 Å². The van der Waals surface area contributed by atoms with Crippen LogP contribution >= 0.6 is 0 Å². The monoisotopic (exact) mass is 453 g/mol.